The number of aromatic hydroxyl groups is 1. The predicted molar refractivity (Wildman–Crippen MR) is 45.8 cm³/mol. The fourth-order valence-corrected chi connectivity index (χ4v) is 1.11. The quantitative estimate of drug-likeness (QED) is 0.692. The predicted octanol–water partition coefficient (Wildman–Crippen LogP) is 0.405. The lowest BCUT2D eigenvalue weighted by Crippen LogP contribution is -2.15. The summed E-state index contributed by atoms with van der Waals surface area (Å²) < 4.78 is 14.2. The van der Waals surface area contributed by atoms with Crippen molar-refractivity contribution in [3.8, 4) is 11.4 Å². The van der Waals surface area contributed by atoms with Crippen molar-refractivity contribution in [1.29, 1.82) is 0 Å². The Morgan fingerprint density at radius 1 is 1.50 bits per heavy atom. The molecule has 2 N–H and O–H groups in total. The van der Waals surface area contributed by atoms with Crippen molar-refractivity contribution in [3.63, 3.8) is 0 Å². The summed E-state index contributed by atoms with van der Waals surface area (Å²) in [5, 5.41) is 14.5. The Hall–Kier alpha value is -2.11. The van der Waals surface area contributed by atoms with Crippen LogP contribution in [0.1, 0.15) is 0 Å². The van der Waals surface area contributed by atoms with Crippen LogP contribution in [0, 0.1) is 5.82 Å². The van der Waals surface area contributed by atoms with Gasteiger partial charge in [0, 0.05) is 6.07 Å². The molecule has 0 amide bonds. The largest absolute Gasteiger partial charge is 0.508 e. The lowest BCUT2D eigenvalue weighted by Gasteiger charge is -2.01. The Bertz CT molecular complexity index is 517. The van der Waals surface area contributed by atoms with Crippen LogP contribution in [0.2, 0.25) is 0 Å². The highest BCUT2D eigenvalue weighted by Crippen LogP contribution is 2.16. The van der Waals surface area contributed by atoms with Gasteiger partial charge in [0.15, 0.2) is 5.82 Å². The Kier molecular flexibility index (Phi) is 1.81. The van der Waals surface area contributed by atoms with Gasteiger partial charge in [-0.25, -0.2) is 18.9 Å². The van der Waals surface area contributed by atoms with Crippen molar-refractivity contribution < 1.29 is 9.50 Å². The molecule has 0 aliphatic carbocycles. The first-order chi connectivity index (χ1) is 6.68. The molecule has 1 aromatic carbocycles. The number of nitrogens with one attached hydrogen (secondary N) is 1. The van der Waals surface area contributed by atoms with Crippen LogP contribution in [0.15, 0.2) is 29.3 Å². The first-order valence-corrected chi connectivity index (χ1v) is 3.79. The summed E-state index contributed by atoms with van der Waals surface area (Å²) in [6.07, 6.45) is 1.16. The Labute approximate surface area is 77.4 Å². The van der Waals surface area contributed by atoms with Crippen LogP contribution < -0.4 is 5.69 Å². The summed E-state index contributed by atoms with van der Waals surface area (Å²) in [5.41, 5.74) is -0.490. The number of rotatable bonds is 1. The minimum absolute atomic E-state index is 0.0431. The summed E-state index contributed by atoms with van der Waals surface area (Å²) >= 11 is 0. The first kappa shape index (κ1) is 8.49. The van der Waals surface area contributed by atoms with Crippen LogP contribution in [0.25, 0.3) is 5.69 Å². The van der Waals surface area contributed by atoms with Gasteiger partial charge in [0.1, 0.15) is 12.1 Å². The van der Waals surface area contributed by atoms with Crippen LogP contribution in [0.4, 0.5) is 4.39 Å². The van der Waals surface area contributed by atoms with Crippen LogP contribution >= 0.6 is 0 Å². The van der Waals surface area contributed by atoms with Gasteiger partial charge < -0.3 is 5.11 Å². The number of halogens is 1. The number of aromatic amines is 1. The van der Waals surface area contributed by atoms with Gasteiger partial charge in [-0.05, 0) is 12.1 Å². The zero-order chi connectivity index (χ0) is 10.1. The van der Waals surface area contributed by atoms with E-state index in [1.807, 2.05) is 0 Å². The van der Waals surface area contributed by atoms with Gasteiger partial charge in [-0.3, -0.25) is 0 Å². The molecule has 0 aliphatic heterocycles. The van der Waals surface area contributed by atoms with Gasteiger partial charge in [0.25, 0.3) is 0 Å². The molecule has 1 aromatic heterocycles. The summed E-state index contributed by atoms with van der Waals surface area (Å²) in [6.45, 7) is 0. The van der Waals surface area contributed by atoms with Crippen molar-refractivity contribution in [2.75, 3.05) is 0 Å². The summed E-state index contributed by atoms with van der Waals surface area (Å²) in [6, 6.07) is 3.51. The third-order valence-corrected chi connectivity index (χ3v) is 1.74. The molecule has 0 aliphatic rings. The Morgan fingerprint density at radius 3 is 2.86 bits per heavy atom. The number of hydrogen-bond donors (Lipinski definition) is 2. The molecular formula is C8H6FN3O2. The minimum Gasteiger partial charge on any atom is -0.508 e. The van der Waals surface area contributed by atoms with E-state index in [2.05, 4.69) is 10.2 Å². The lowest BCUT2D eigenvalue weighted by atomic mass is 10.3. The fourth-order valence-electron chi connectivity index (χ4n) is 1.11. The van der Waals surface area contributed by atoms with Gasteiger partial charge in [0.2, 0.25) is 0 Å². The molecular weight excluding hydrogens is 189 g/mol. The molecule has 0 fully saturated rings. The number of benzene rings is 1. The summed E-state index contributed by atoms with van der Waals surface area (Å²) in [7, 11) is 0. The van der Waals surface area contributed by atoms with E-state index in [0.717, 1.165) is 17.0 Å². The van der Waals surface area contributed by atoms with Crippen LogP contribution in [0.3, 0.4) is 0 Å². The number of phenolic OH excluding ortho intramolecular Hbond substituents is 1. The fraction of sp³-hybridized carbons (Fsp3) is 0. The van der Waals surface area contributed by atoms with Gasteiger partial charge >= 0.3 is 5.69 Å². The van der Waals surface area contributed by atoms with E-state index in [1.54, 1.807) is 0 Å². The van der Waals surface area contributed by atoms with E-state index < -0.39 is 11.5 Å². The second-order valence-corrected chi connectivity index (χ2v) is 2.67. The van der Waals surface area contributed by atoms with E-state index in [9.17, 15) is 9.18 Å². The maximum atomic E-state index is 13.2. The molecule has 0 saturated carbocycles. The molecule has 14 heavy (non-hydrogen) atoms. The van der Waals surface area contributed by atoms with Crippen molar-refractivity contribution >= 4 is 0 Å². The van der Waals surface area contributed by atoms with Crippen LogP contribution in [0.5, 0.6) is 5.75 Å². The Balaban J connectivity index is 2.63. The zero-order valence-corrected chi connectivity index (χ0v) is 6.94. The SMILES string of the molecule is O=c1[nH]ncn1-c1ccc(O)cc1F. The normalized spacial score (nSPS) is 10.4. The van der Waals surface area contributed by atoms with Crippen molar-refractivity contribution in [2.45, 2.75) is 0 Å². The van der Waals surface area contributed by atoms with Gasteiger partial charge in [-0.15, -0.1) is 0 Å². The average molecular weight is 195 g/mol. The van der Waals surface area contributed by atoms with E-state index in [-0.39, 0.29) is 11.4 Å². The molecule has 0 unspecified atom stereocenters. The van der Waals surface area contributed by atoms with E-state index >= 15 is 0 Å². The third-order valence-electron chi connectivity index (χ3n) is 1.74. The molecule has 5 nitrogen and oxygen atoms in total. The second-order valence-electron chi connectivity index (χ2n) is 2.67. The highest BCUT2D eigenvalue weighted by atomic mass is 19.1. The number of aromatic nitrogens is 3. The highest BCUT2D eigenvalue weighted by molar-refractivity contribution is 5.38. The van der Waals surface area contributed by atoms with Gasteiger partial charge in [-0.1, -0.05) is 0 Å². The average Bonchev–Trinajstić information content (AvgIpc) is 2.52. The van der Waals surface area contributed by atoms with E-state index in [1.165, 1.54) is 12.1 Å². The topological polar surface area (TPSA) is 70.9 Å². The summed E-state index contributed by atoms with van der Waals surface area (Å²) in [4.78, 5) is 11.1. The molecule has 0 atom stereocenters. The summed E-state index contributed by atoms with van der Waals surface area (Å²) in [5.74, 6) is -0.878. The maximum Gasteiger partial charge on any atom is 0.347 e. The van der Waals surface area contributed by atoms with Gasteiger partial charge in [-0.2, -0.15) is 5.10 Å². The molecule has 0 radical (unpaired) electrons. The standard InChI is InChI=1S/C8H6FN3O2/c9-6-3-5(13)1-2-7(6)12-4-10-11-8(12)14/h1-4,13H,(H,11,14). The maximum absolute atomic E-state index is 13.2. The van der Waals surface area contributed by atoms with Crippen LogP contribution in [-0.2, 0) is 0 Å². The second kappa shape index (κ2) is 2.99. The van der Waals surface area contributed by atoms with Crippen molar-refractivity contribution in [1.82, 2.24) is 14.8 Å². The first-order valence-electron chi connectivity index (χ1n) is 3.79. The monoisotopic (exact) mass is 195 g/mol. The van der Waals surface area contributed by atoms with E-state index in [4.69, 9.17) is 5.11 Å². The minimum atomic E-state index is -0.687. The number of H-pyrrole nitrogens is 1. The smallest absolute Gasteiger partial charge is 0.347 e. The van der Waals surface area contributed by atoms with Crippen molar-refractivity contribution in [2.24, 2.45) is 0 Å². The van der Waals surface area contributed by atoms with E-state index in [0.29, 0.717) is 0 Å². The molecule has 6 heteroatoms. The Morgan fingerprint density at radius 2 is 2.29 bits per heavy atom. The number of phenols is 1. The zero-order valence-electron chi connectivity index (χ0n) is 6.94. The number of nitrogens with zero attached hydrogens (tertiary/aromatic N) is 2. The molecule has 72 valence electrons. The third kappa shape index (κ3) is 1.26. The molecule has 0 bridgehead atoms. The molecule has 0 saturated heterocycles. The lowest BCUT2D eigenvalue weighted by molar-refractivity contribution is 0.468. The molecule has 2 rings (SSSR count). The van der Waals surface area contributed by atoms with Gasteiger partial charge in [0.05, 0.1) is 5.69 Å². The van der Waals surface area contributed by atoms with Crippen molar-refractivity contribution in [3.05, 3.63) is 40.8 Å². The molecule has 1 heterocycles. The van der Waals surface area contributed by atoms with Crippen LogP contribution in [-0.4, -0.2) is 19.9 Å². The molecule has 2 aromatic rings. The molecule has 0 spiro atoms. The highest BCUT2D eigenvalue weighted by Gasteiger charge is 2.07. The number of hydrogen-bond acceptors (Lipinski definition) is 3.